The monoisotopic (exact) mass is 334 g/mol. The molecule has 0 N–H and O–H groups in total. The predicted molar refractivity (Wildman–Crippen MR) is 87.0 cm³/mol. The highest BCUT2D eigenvalue weighted by Gasteiger charge is 2.16. The maximum atomic E-state index is 12.3. The van der Waals surface area contributed by atoms with Gasteiger partial charge in [0.15, 0.2) is 4.80 Å². The summed E-state index contributed by atoms with van der Waals surface area (Å²) in [6.07, 6.45) is 1.33. The van der Waals surface area contributed by atoms with E-state index in [-0.39, 0.29) is 5.76 Å². The summed E-state index contributed by atoms with van der Waals surface area (Å²) in [5.74, 6) is -0.288. The molecule has 1 amide bonds. The number of hydrogen-bond acceptors (Lipinski definition) is 5. The quantitative estimate of drug-likeness (QED) is 0.858. The summed E-state index contributed by atoms with van der Waals surface area (Å²) >= 11 is 1.48. The Bertz CT molecular complexity index is 819. The highest BCUT2D eigenvalue weighted by Crippen LogP contribution is 2.21. The summed E-state index contributed by atoms with van der Waals surface area (Å²) in [7, 11) is 1.65. The van der Waals surface area contributed by atoms with Gasteiger partial charge in [0.05, 0.1) is 16.8 Å². The van der Waals surface area contributed by atoms with Crippen LogP contribution in [0, 0.1) is 6.92 Å². The van der Waals surface area contributed by atoms with Crippen molar-refractivity contribution >= 4 is 27.5 Å². The van der Waals surface area contributed by atoms with Crippen LogP contribution < -0.4 is 4.80 Å². The van der Waals surface area contributed by atoms with E-state index in [9.17, 15) is 4.79 Å². The minimum atomic E-state index is -0.430. The first-order chi connectivity index (χ1) is 11.2. The first-order valence-corrected chi connectivity index (χ1v) is 8.14. The zero-order chi connectivity index (χ0) is 16.2. The normalized spacial score (nSPS) is 15.2. The molecular formula is C16H18N2O4S. The molecule has 3 rings (SSSR count). The standard InChI is InChI=1S/C16H18N2O4S/c1-11-4-3-5-13-14(11)18(6-7-20-2)16(23-13)17-15(19)12-10-21-8-9-22-12/h3-5,10H,6-9H2,1-2H3. The number of para-hydroxylation sites is 1. The van der Waals surface area contributed by atoms with Crippen LogP contribution in [0.15, 0.2) is 35.2 Å². The summed E-state index contributed by atoms with van der Waals surface area (Å²) in [6, 6.07) is 6.07. The van der Waals surface area contributed by atoms with Gasteiger partial charge in [-0.25, -0.2) is 0 Å². The van der Waals surface area contributed by atoms with Gasteiger partial charge in [0.2, 0.25) is 5.76 Å². The van der Waals surface area contributed by atoms with Crippen LogP contribution in [0.1, 0.15) is 5.56 Å². The summed E-state index contributed by atoms with van der Waals surface area (Å²) in [5, 5.41) is 0. The highest BCUT2D eigenvalue weighted by molar-refractivity contribution is 7.16. The van der Waals surface area contributed by atoms with E-state index in [4.69, 9.17) is 14.2 Å². The van der Waals surface area contributed by atoms with E-state index < -0.39 is 5.91 Å². The van der Waals surface area contributed by atoms with Crippen LogP contribution in [-0.4, -0.2) is 37.4 Å². The minimum Gasteiger partial charge on any atom is -0.494 e. The number of benzene rings is 1. The number of amides is 1. The molecule has 1 aromatic carbocycles. The lowest BCUT2D eigenvalue weighted by molar-refractivity contribution is -0.119. The van der Waals surface area contributed by atoms with Gasteiger partial charge in [-0.3, -0.25) is 4.79 Å². The molecule has 1 aromatic heterocycles. The Labute approximate surface area is 137 Å². The minimum absolute atomic E-state index is 0.142. The molecule has 0 atom stereocenters. The largest absolute Gasteiger partial charge is 0.494 e. The molecule has 0 fully saturated rings. The molecular weight excluding hydrogens is 316 g/mol. The number of fused-ring (bicyclic) bond motifs is 1. The Morgan fingerprint density at radius 1 is 1.43 bits per heavy atom. The molecule has 1 aliphatic rings. The van der Waals surface area contributed by atoms with Crippen LogP contribution >= 0.6 is 11.3 Å². The first-order valence-electron chi connectivity index (χ1n) is 7.32. The first kappa shape index (κ1) is 15.8. The molecule has 23 heavy (non-hydrogen) atoms. The number of hydrogen-bond donors (Lipinski definition) is 0. The van der Waals surface area contributed by atoms with Gasteiger partial charge in [-0.2, -0.15) is 4.99 Å². The number of aryl methyl sites for hydroxylation is 1. The molecule has 7 heteroatoms. The van der Waals surface area contributed by atoms with Crippen molar-refractivity contribution < 1.29 is 19.0 Å². The second kappa shape index (κ2) is 6.97. The van der Waals surface area contributed by atoms with Crippen LogP contribution in [0.25, 0.3) is 10.2 Å². The molecule has 0 radical (unpaired) electrons. The van der Waals surface area contributed by atoms with Crippen molar-refractivity contribution in [2.24, 2.45) is 4.99 Å². The van der Waals surface area contributed by atoms with Gasteiger partial charge in [-0.05, 0) is 18.6 Å². The predicted octanol–water partition coefficient (Wildman–Crippen LogP) is 1.97. The molecule has 2 heterocycles. The SMILES string of the molecule is COCCn1c(=NC(=O)C2=COCCO2)sc2cccc(C)c21. The van der Waals surface area contributed by atoms with Gasteiger partial charge in [0, 0.05) is 13.7 Å². The van der Waals surface area contributed by atoms with E-state index in [1.807, 2.05) is 29.7 Å². The molecule has 0 saturated carbocycles. The zero-order valence-corrected chi connectivity index (χ0v) is 13.9. The number of thiazole rings is 1. The Kier molecular flexibility index (Phi) is 4.78. The molecule has 122 valence electrons. The topological polar surface area (TPSA) is 62.1 Å². The molecule has 0 saturated heterocycles. The number of rotatable bonds is 4. The van der Waals surface area contributed by atoms with E-state index >= 15 is 0 Å². The maximum absolute atomic E-state index is 12.3. The van der Waals surface area contributed by atoms with Crippen molar-refractivity contribution in [1.82, 2.24) is 4.57 Å². The van der Waals surface area contributed by atoms with Gasteiger partial charge in [-0.15, -0.1) is 0 Å². The Morgan fingerprint density at radius 2 is 2.30 bits per heavy atom. The molecule has 0 aliphatic carbocycles. The zero-order valence-electron chi connectivity index (χ0n) is 13.1. The van der Waals surface area contributed by atoms with Gasteiger partial charge in [0.25, 0.3) is 0 Å². The van der Waals surface area contributed by atoms with E-state index in [2.05, 4.69) is 4.99 Å². The van der Waals surface area contributed by atoms with Gasteiger partial charge in [-0.1, -0.05) is 23.5 Å². The van der Waals surface area contributed by atoms with Crippen molar-refractivity contribution in [3.8, 4) is 0 Å². The van der Waals surface area contributed by atoms with Crippen LogP contribution in [0.5, 0.6) is 0 Å². The maximum Gasteiger partial charge on any atom is 0.317 e. The number of ether oxygens (including phenoxy) is 3. The smallest absolute Gasteiger partial charge is 0.317 e. The lowest BCUT2D eigenvalue weighted by atomic mass is 10.2. The molecule has 0 bridgehead atoms. The summed E-state index contributed by atoms with van der Waals surface area (Å²) in [5.41, 5.74) is 2.22. The van der Waals surface area contributed by atoms with Crippen molar-refractivity contribution in [1.29, 1.82) is 0 Å². The van der Waals surface area contributed by atoms with Crippen molar-refractivity contribution in [2.45, 2.75) is 13.5 Å². The van der Waals surface area contributed by atoms with Crippen LogP contribution in [0.2, 0.25) is 0 Å². The third-order valence-corrected chi connectivity index (χ3v) is 4.52. The number of aromatic nitrogens is 1. The number of nitrogens with zero attached hydrogens (tertiary/aromatic N) is 2. The fraction of sp³-hybridized carbons (Fsp3) is 0.375. The van der Waals surface area contributed by atoms with E-state index in [1.165, 1.54) is 17.6 Å². The Morgan fingerprint density at radius 3 is 3.04 bits per heavy atom. The average molecular weight is 334 g/mol. The summed E-state index contributed by atoms with van der Waals surface area (Å²) in [4.78, 5) is 17.1. The molecule has 0 spiro atoms. The van der Waals surface area contributed by atoms with Gasteiger partial charge < -0.3 is 18.8 Å². The fourth-order valence-electron chi connectivity index (χ4n) is 2.41. The van der Waals surface area contributed by atoms with Crippen LogP contribution in [0.4, 0.5) is 0 Å². The van der Waals surface area contributed by atoms with Crippen LogP contribution in [-0.2, 0) is 25.5 Å². The average Bonchev–Trinajstić information content (AvgIpc) is 2.92. The number of carbonyl (C=O) groups is 1. The molecule has 6 nitrogen and oxygen atoms in total. The number of methoxy groups -OCH3 is 1. The lowest BCUT2D eigenvalue weighted by Crippen LogP contribution is -2.21. The Balaban J connectivity index is 2.08. The fourth-order valence-corrected chi connectivity index (χ4v) is 3.54. The Hall–Kier alpha value is -2.12. The second-order valence-electron chi connectivity index (χ2n) is 5.07. The highest BCUT2D eigenvalue weighted by atomic mass is 32.1. The third kappa shape index (κ3) is 3.30. The summed E-state index contributed by atoms with van der Waals surface area (Å²) < 4.78 is 18.7. The molecule has 2 aromatic rings. The van der Waals surface area contributed by atoms with E-state index in [1.54, 1.807) is 7.11 Å². The second-order valence-corrected chi connectivity index (χ2v) is 6.08. The van der Waals surface area contributed by atoms with Gasteiger partial charge >= 0.3 is 5.91 Å². The number of carbonyl (C=O) groups excluding carboxylic acids is 1. The van der Waals surface area contributed by atoms with Crippen LogP contribution in [0.3, 0.4) is 0 Å². The van der Waals surface area contributed by atoms with Gasteiger partial charge in [0.1, 0.15) is 19.5 Å². The van der Waals surface area contributed by atoms with Crippen molar-refractivity contribution in [3.63, 3.8) is 0 Å². The third-order valence-electron chi connectivity index (χ3n) is 3.48. The van der Waals surface area contributed by atoms with Crippen molar-refractivity contribution in [3.05, 3.63) is 40.6 Å². The molecule has 0 unspecified atom stereocenters. The lowest BCUT2D eigenvalue weighted by Gasteiger charge is -2.12. The summed E-state index contributed by atoms with van der Waals surface area (Å²) in [6.45, 7) is 4.04. The van der Waals surface area contributed by atoms with E-state index in [0.717, 1.165) is 15.8 Å². The molecule has 1 aliphatic heterocycles. The van der Waals surface area contributed by atoms with Crippen molar-refractivity contribution in [2.75, 3.05) is 26.9 Å². The van der Waals surface area contributed by atoms with E-state index in [0.29, 0.717) is 31.2 Å².